The lowest BCUT2D eigenvalue weighted by Gasteiger charge is -2.23. The molecule has 168 valence electrons. The second-order valence-electron chi connectivity index (χ2n) is 8.93. The second-order valence-corrected chi connectivity index (χ2v) is 8.93. The zero-order valence-electron chi connectivity index (χ0n) is 18.7. The molecule has 0 aliphatic carbocycles. The van der Waals surface area contributed by atoms with E-state index in [4.69, 9.17) is 9.72 Å². The summed E-state index contributed by atoms with van der Waals surface area (Å²) in [4.78, 5) is 30.1. The molecule has 1 aliphatic rings. The van der Waals surface area contributed by atoms with Gasteiger partial charge >= 0.3 is 12.1 Å². The molecule has 0 spiro atoms. The fraction of sp³-hybridized carbons (Fsp3) is 0.682. The normalized spacial score (nSPS) is 14.6. The van der Waals surface area contributed by atoms with E-state index in [2.05, 4.69) is 27.7 Å². The minimum absolute atomic E-state index is 0.323. The molecular weight excluding hydrogens is 384 g/mol. The predicted octanol–water partition coefficient (Wildman–Crippen LogP) is 3.06. The molecule has 1 aliphatic heterocycles. The van der Waals surface area contributed by atoms with Crippen LogP contribution in [-0.2, 0) is 22.4 Å². The summed E-state index contributed by atoms with van der Waals surface area (Å²) in [6, 6.07) is 3.34. The summed E-state index contributed by atoms with van der Waals surface area (Å²) < 4.78 is 5.14. The molecule has 8 nitrogen and oxygen atoms in total. The number of pyridine rings is 1. The van der Waals surface area contributed by atoms with Gasteiger partial charge in [0.15, 0.2) is 0 Å². The van der Waals surface area contributed by atoms with Crippen LogP contribution in [0.4, 0.5) is 10.6 Å². The smallest absolute Gasteiger partial charge is 0.408 e. The number of carboxylic acid groups (broad SMARTS) is 1. The number of carboxylic acids is 1. The first-order valence-electron chi connectivity index (χ1n) is 10.8. The Balaban J connectivity index is 1.67. The van der Waals surface area contributed by atoms with Crippen LogP contribution in [0, 0.1) is 0 Å². The van der Waals surface area contributed by atoms with Gasteiger partial charge in [-0.2, -0.15) is 0 Å². The van der Waals surface area contributed by atoms with Crippen LogP contribution >= 0.6 is 0 Å². The molecule has 3 N–H and O–H groups in total. The molecular formula is C22H36N4O4. The topological polar surface area (TPSA) is 104 Å². The lowest BCUT2D eigenvalue weighted by molar-refractivity contribution is -0.139. The lowest BCUT2D eigenvalue weighted by Crippen LogP contribution is -2.45. The Kier molecular flexibility index (Phi) is 8.89. The summed E-state index contributed by atoms with van der Waals surface area (Å²) in [5.74, 6) is -0.0191. The molecule has 1 amide bonds. The third-order valence-electron chi connectivity index (χ3n) is 4.96. The van der Waals surface area contributed by atoms with E-state index in [9.17, 15) is 14.7 Å². The zero-order chi connectivity index (χ0) is 22.1. The van der Waals surface area contributed by atoms with Crippen LogP contribution in [0.15, 0.2) is 12.1 Å². The van der Waals surface area contributed by atoms with Crippen molar-refractivity contribution in [3.8, 4) is 0 Å². The zero-order valence-corrected chi connectivity index (χ0v) is 18.7. The van der Waals surface area contributed by atoms with Crippen molar-refractivity contribution in [1.82, 2.24) is 15.2 Å². The van der Waals surface area contributed by atoms with Gasteiger partial charge in [-0.25, -0.2) is 14.6 Å². The Hall–Kier alpha value is -2.35. The minimum atomic E-state index is -1.05. The number of ether oxygens (including phenoxy) is 1. The van der Waals surface area contributed by atoms with E-state index in [0.29, 0.717) is 13.0 Å². The average Bonchev–Trinajstić information content (AvgIpc) is 2.66. The number of aromatic nitrogens is 1. The highest BCUT2D eigenvalue weighted by molar-refractivity contribution is 5.80. The van der Waals surface area contributed by atoms with Crippen molar-refractivity contribution in [2.45, 2.75) is 70.9 Å². The van der Waals surface area contributed by atoms with E-state index >= 15 is 0 Å². The first-order chi connectivity index (χ1) is 14.1. The number of carbonyl (C=O) groups excluding carboxylic acids is 1. The Morgan fingerprint density at radius 1 is 1.30 bits per heavy atom. The van der Waals surface area contributed by atoms with E-state index in [1.807, 2.05) is 7.05 Å². The number of nitrogens with one attached hydrogen (secondary N) is 2. The maximum atomic E-state index is 11.8. The summed E-state index contributed by atoms with van der Waals surface area (Å²) in [7, 11) is 1.97. The van der Waals surface area contributed by atoms with Crippen LogP contribution in [0.1, 0.15) is 57.7 Å². The van der Waals surface area contributed by atoms with Crippen LogP contribution in [0.5, 0.6) is 0 Å². The molecule has 30 heavy (non-hydrogen) atoms. The number of alkyl carbamates (subject to hydrolysis) is 1. The molecule has 1 aromatic rings. The molecule has 0 saturated carbocycles. The molecule has 0 fully saturated rings. The van der Waals surface area contributed by atoms with E-state index in [1.54, 1.807) is 20.8 Å². The highest BCUT2D eigenvalue weighted by atomic mass is 16.6. The summed E-state index contributed by atoms with van der Waals surface area (Å²) in [6.45, 7) is 7.66. The lowest BCUT2D eigenvalue weighted by atomic mass is 10.1. The number of carbonyl (C=O) groups is 2. The highest BCUT2D eigenvalue weighted by Crippen LogP contribution is 2.20. The number of aryl methyl sites for hydroxylation is 2. The fourth-order valence-electron chi connectivity index (χ4n) is 3.36. The maximum absolute atomic E-state index is 11.8. The van der Waals surface area contributed by atoms with Crippen LogP contribution < -0.4 is 10.6 Å². The summed E-state index contributed by atoms with van der Waals surface area (Å²) in [5, 5.41) is 15.2. The number of amides is 1. The monoisotopic (exact) mass is 420 g/mol. The van der Waals surface area contributed by atoms with Gasteiger partial charge in [0.05, 0.1) is 0 Å². The van der Waals surface area contributed by atoms with Gasteiger partial charge in [-0.3, -0.25) is 0 Å². The molecule has 8 heteroatoms. The molecule has 0 saturated heterocycles. The van der Waals surface area contributed by atoms with Gasteiger partial charge in [0, 0.05) is 18.8 Å². The van der Waals surface area contributed by atoms with Crippen molar-refractivity contribution < 1.29 is 19.4 Å². The number of hydrogen-bond acceptors (Lipinski definition) is 6. The largest absolute Gasteiger partial charge is 0.480 e. The molecule has 1 atom stereocenters. The predicted molar refractivity (Wildman–Crippen MR) is 117 cm³/mol. The SMILES string of the molecule is CN(CCCCc1ccc2c(n1)NCCC2)CCC(NC(=O)OC(C)(C)C)C(=O)O. The van der Waals surface area contributed by atoms with E-state index in [1.165, 1.54) is 5.56 Å². The molecule has 0 radical (unpaired) electrons. The standard InChI is InChI=1S/C22H36N4O4/c1-22(2,3)30-21(29)25-18(20(27)28)12-15-26(4)14-6-5-9-17-11-10-16-8-7-13-23-19(16)24-17/h10-11,18H,5-9,12-15H2,1-4H3,(H,23,24)(H,25,29)(H,27,28). The summed E-state index contributed by atoms with van der Waals surface area (Å²) in [6.07, 6.45) is 4.83. The van der Waals surface area contributed by atoms with Crippen LogP contribution in [-0.4, -0.2) is 65.4 Å². The Bertz CT molecular complexity index is 718. The van der Waals surface area contributed by atoms with Gasteiger partial charge in [-0.15, -0.1) is 0 Å². The van der Waals surface area contributed by atoms with Gasteiger partial charge in [-0.1, -0.05) is 6.07 Å². The highest BCUT2D eigenvalue weighted by Gasteiger charge is 2.24. The van der Waals surface area contributed by atoms with Crippen molar-refractivity contribution in [3.05, 3.63) is 23.4 Å². The number of anilines is 1. The second kappa shape index (κ2) is 11.2. The molecule has 2 rings (SSSR count). The quantitative estimate of drug-likeness (QED) is 0.500. The Morgan fingerprint density at radius 2 is 2.07 bits per heavy atom. The van der Waals surface area contributed by atoms with Crippen molar-refractivity contribution >= 4 is 17.9 Å². The number of nitrogens with zero attached hydrogens (tertiary/aromatic N) is 2. The fourth-order valence-corrected chi connectivity index (χ4v) is 3.36. The maximum Gasteiger partial charge on any atom is 0.408 e. The number of aliphatic carboxylic acids is 1. The van der Waals surface area contributed by atoms with Crippen molar-refractivity contribution in [2.24, 2.45) is 0 Å². The average molecular weight is 421 g/mol. The molecule has 0 bridgehead atoms. The van der Waals surface area contributed by atoms with Gasteiger partial charge in [0.2, 0.25) is 0 Å². The third-order valence-corrected chi connectivity index (χ3v) is 4.96. The van der Waals surface area contributed by atoms with E-state index in [-0.39, 0.29) is 0 Å². The summed E-state index contributed by atoms with van der Waals surface area (Å²) >= 11 is 0. The van der Waals surface area contributed by atoms with Crippen LogP contribution in [0.25, 0.3) is 0 Å². The van der Waals surface area contributed by atoms with E-state index < -0.39 is 23.7 Å². The molecule has 1 aromatic heterocycles. The first kappa shape index (κ1) is 23.9. The first-order valence-corrected chi connectivity index (χ1v) is 10.8. The molecule has 1 unspecified atom stereocenters. The van der Waals surface area contributed by atoms with Crippen LogP contribution in [0.3, 0.4) is 0 Å². The number of rotatable bonds is 10. The number of fused-ring (bicyclic) bond motifs is 1. The van der Waals surface area contributed by atoms with Gasteiger partial charge in [0.25, 0.3) is 0 Å². The van der Waals surface area contributed by atoms with Crippen molar-refractivity contribution in [3.63, 3.8) is 0 Å². The number of unbranched alkanes of at least 4 members (excludes halogenated alkanes) is 1. The van der Waals surface area contributed by atoms with Gasteiger partial charge in [0.1, 0.15) is 17.5 Å². The molecule has 0 aromatic carbocycles. The van der Waals surface area contributed by atoms with Crippen molar-refractivity contribution in [2.75, 3.05) is 32.0 Å². The van der Waals surface area contributed by atoms with Crippen molar-refractivity contribution in [1.29, 1.82) is 0 Å². The number of hydrogen-bond donors (Lipinski definition) is 3. The third kappa shape index (κ3) is 8.57. The minimum Gasteiger partial charge on any atom is -0.480 e. The van der Waals surface area contributed by atoms with Gasteiger partial charge in [-0.05, 0) is 84.5 Å². The Labute approximate surface area is 179 Å². The van der Waals surface area contributed by atoms with E-state index in [0.717, 1.165) is 56.7 Å². The molecule has 2 heterocycles. The van der Waals surface area contributed by atoms with Crippen LogP contribution in [0.2, 0.25) is 0 Å². The van der Waals surface area contributed by atoms with Gasteiger partial charge < -0.3 is 25.4 Å². The summed E-state index contributed by atoms with van der Waals surface area (Å²) in [5.41, 5.74) is 1.75. The Morgan fingerprint density at radius 3 is 2.77 bits per heavy atom.